The molecule has 10 heteroatoms. The molecule has 2 bridgehead atoms. The van der Waals surface area contributed by atoms with E-state index in [9.17, 15) is 0 Å². The molecule has 0 saturated carbocycles. The number of guanidine groups is 1. The van der Waals surface area contributed by atoms with Crippen LogP contribution in [-0.2, 0) is 24.3 Å². The number of hydrogen-bond donors (Lipinski definition) is 2. The zero-order valence-corrected chi connectivity index (χ0v) is 19.3. The van der Waals surface area contributed by atoms with E-state index in [1.165, 1.54) is 26.2 Å². The molecule has 0 amide bonds. The van der Waals surface area contributed by atoms with Crippen LogP contribution >= 0.6 is 24.0 Å². The van der Waals surface area contributed by atoms with E-state index in [-0.39, 0.29) is 24.0 Å². The lowest BCUT2D eigenvalue weighted by Crippen LogP contribution is -2.62. The standard InChI is InChI=1S/C18H32N8O.HI/c1-3-19-18(20-10-15-12-24-6-8-25(15)9-7-24)21-14-4-5-17-22-16(13-27-2)23-26(17)11-14;/h14-15H,3-13H2,1-2H3,(H2,19,20,21);1H. The van der Waals surface area contributed by atoms with E-state index in [2.05, 4.69) is 37.4 Å². The van der Waals surface area contributed by atoms with Crippen LogP contribution in [0.25, 0.3) is 0 Å². The van der Waals surface area contributed by atoms with Crippen LogP contribution in [0.2, 0.25) is 0 Å². The summed E-state index contributed by atoms with van der Waals surface area (Å²) >= 11 is 0. The van der Waals surface area contributed by atoms with Crippen LogP contribution in [-0.4, -0.2) is 95.5 Å². The number of methoxy groups -OCH3 is 1. The number of hydrogen-bond acceptors (Lipinski definition) is 6. The van der Waals surface area contributed by atoms with Crippen LogP contribution in [0, 0.1) is 0 Å². The maximum absolute atomic E-state index is 5.15. The van der Waals surface area contributed by atoms with Crippen molar-refractivity contribution in [2.24, 2.45) is 4.99 Å². The Kier molecular flexibility index (Phi) is 7.89. The molecular formula is C18H33IN8O. The second kappa shape index (κ2) is 10.2. The molecule has 3 saturated heterocycles. The van der Waals surface area contributed by atoms with Crippen molar-refractivity contribution < 1.29 is 4.74 Å². The number of aliphatic imine (C=N–C) groups is 1. The maximum atomic E-state index is 5.15. The number of piperazine rings is 3. The predicted octanol–water partition coefficient (Wildman–Crippen LogP) is -0.0878. The van der Waals surface area contributed by atoms with Crippen molar-refractivity contribution >= 4 is 29.9 Å². The topological polar surface area (TPSA) is 82.8 Å². The molecule has 5 heterocycles. The van der Waals surface area contributed by atoms with Gasteiger partial charge in [-0.05, 0) is 13.3 Å². The minimum Gasteiger partial charge on any atom is -0.377 e. The number of rotatable bonds is 6. The molecule has 4 aliphatic heterocycles. The Hall–Kier alpha value is -0.980. The number of fused-ring (bicyclic) bond motifs is 4. The van der Waals surface area contributed by atoms with Gasteiger partial charge in [-0.25, -0.2) is 9.67 Å². The Bertz CT molecular complexity index is 658. The summed E-state index contributed by atoms with van der Waals surface area (Å²) in [4.78, 5) is 14.6. The average Bonchev–Trinajstić information content (AvgIpc) is 3.09. The number of ether oxygens (including phenoxy) is 1. The Morgan fingerprint density at radius 1 is 1.25 bits per heavy atom. The van der Waals surface area contributed by atoms with Crippen molar-refractivity contribution in [3.8, 4) is 0 Å². The smallest absolute Gasteiger partial charge is 0.191 e. The lowest BCUT2D eigenvalue weighted by Gasteiger charge is -2.47. The number of halogens is 1. The van der Waals surface area contributed by atoms with Gasteiger partial charge in [0, 0.05) is 64.9 Å². The average molecular weight is 504 g/mol. The summed E-state index contributed by atoms with van der Waals surface area (Å²) in [5, 5.41) is 11.6. The molecule has 0 spiro atoms. The number of aryl methyl sites for hydroxylation is 1. The highest BCUT2D eigenvalue weighted by molar-refractivity contribution is 14.0. The van der Waals surface area contributed by atoms with E-state index >= 15 is 0 Å². The van der Waals surface area contributed by atoms with E-state index in [1.807, 2.05) is 4.68 Å². The summed E-state index contributed by atoms with van der Waals surface area (Å²) in [6.07, 6.45) is 1.97. The van der Waals surface area contributed by atoms with Gasteiger partial charge in [-0.1, -0.05) is 0 Å². The summed E-state index contributed by atoms with van der Waals surface area (Å²) in [6, 6.07) is 0.868. The molecule has 1 aromatic heterocycles. The largest absolute Gasteiger partial charge is 0.377 e. The first kappa shape index (κ1) is 21.7. The van der Waals surface area contributed by atoms with Crippen LogP contribution in [0.1, 0.15) is 25.0 Å². The molecule has 1 aromatic rings. The second-order valence-corrected chi connectivity index (χ2v) is 7.65. The Labute approximate surface area is 184 Å². The monoisotopic (exact) mass is 504 g/mol. The fraction of sp³-hybridized carbons (Fsp3) is 0.833. The van der Waals surface area contributed by atoms with Crippen molar-refractivity contribution in [3.63, 3.8) is 0 Å². The third kappa shape index (κ3) is 5.14. The van der Waals surface area contributed by atoms with E-state index in [0.717, 1.165) is 56.6 Å². The first-order valence-corrected chi connectivity index (χ1v) is 10.2. The van der Waals surface area contributed by atoms with Gasteiger partial charge in [0.15, 0.2) is 11.8 Å². The molecule has 4 aliphatic rings. The van der Waals surface area contributed by atoms with Crippen molar-refractivity contribution in [1.82, 2.24) is 35.2 Å². The van der Waals surface area contributed by atoms with E-state index in [0.29, 0.717) is 18.7 Å². The van der Waals surface area contributed by atoms with Gasteiger partial charge in [-0.15, -0.1) is 24.0 Å². The van der Waals surface area contributed by atoms with E-state index in [1.54, 1.807) is 7.11 Å². The van der Waals surface area contributed by atoms with Gasteiger partial charge in [-0.3, -0.25) is 14.8 Å². The summed E-state index contributed by atoms with van der Waals surface area (Å²) in [7, 11) is 1.68. The molecule has 158 valence electrons. The van der Waals surface area contributed by atoms with Crippen molar-refractivity contribution in [2.45, 2.75) is 45.0 Å². The zero-order chi connectivity index (χ0) is 18.6. The van der Waals surface area contributed by atoms with Gasteiger partial charge in [0.25, 0.3) is 0 Å². The molecule has 2 atom stereocenters. The molecule has 0 aliphatic carbocycles. The number of nitrogens with one attached hydrogen (secondary N) is 2. The summed E-state index contributed by atoms with van der Waals surface area (Å²) in [5.74, 6) is 2.74. The van der Waals surface area contributed by atoms with Gasteiger partial charge in [0.2, 0.25) is 0 Å². The van der Waals surface area contributed by atoms with Gasteiger partial charge in [0.05, 0.1) is 13.1 Å². The molecule has 3 fully saturated rings. The van der Waals surface area contributed by atoms with Gasteiger partial charge in [0.1, 0.15) is 12.4 Å². The van der Waals surface area contributed by atoms with Crippen LogP contribution in [0.4, 0.5) is 0 Å². The second-order valence-electron chi connectivity index (χ2n) is 7.65. The van der Waals surface area contributed by atoms with Crippen LogP contribution in [0.3, 0.4) is 0 Å². The zero-order valence-electron chi connectivity index (χ0n) is 16.9. The minimum absolute atomic E-state index is 0. The maximum Gasteiger partial charge on any atom is 0.191 e. The molecule has 9 nitrogen and oxygen atoms in total. The molecule has 2 N–H and O–H groups in total. The number of aromatic nitrogens is 3. The third-order valence-corrected chi connectivity index (χ3v) is 5.71. The molecule has 2 unspecified atom stereocenters. The highest BCUT2D eigenvalue weighted by Crippen LogP contribution is 2.16. The van der Waals surface area contributed by atoms with Crippen molar-refractivity contribution in [2.75, 3.05) is 52.9 Å². The van der Waals surface area contributed by atoms with E-state index in [4.69, 9.17) is 9.73 Å². The van der Waals surface area contributed by atoms with Gasteiger partial charge < -0.3 is 15.4 Å². The van der Waals surface area contributed by atoms with E-state index < -0.39 is 0 Å². The molecule has 5 rings (SSSR count). The molecule has 28 heavy (non-hydrogen) atoms. The third-order valence-electron chi connectivity index (χ3n) is 5.71. The SMILES string of the molecule is CCNC(=NCC1CN2CCN1CC2)NC1CCc2nc(COC)nn2C1.I. The lowest BCUT2D eigenvalue weighted by molar-refractivity contribution is 0.0174. The fourth-order valence-corrected chi connectivity index (χ4v) is 4.28. The van der Waals surface area contributed by atoms with Gasteiger partial charge in [-0.2, -0.15) is 5.10 Å². The summed E-state index contributed by atoms with van der Waals surface area (Å²) < 4.78 is 7.16. The predicted molar refractivity (Wildman–Crippen MR) is 119 cm³/mol. The van der Waals surface area contributed by atoms with Crippen LogP contribution in [0.5, 0.6) is 0 Å². The van der Waals surface area contributed by atoms with Crippen molar-refractivity contribution in [1.29, 1.82) is 0 Å². The first-order chi connectivity index (χ1) is 13.2. The van der Waals surface area contributed by atoms with Crippen LogP contribution in [0.15, 0.2) is 4.99 Å². The Morgan fingerprint density at radius 2 is 2.07 bits per heavy atom. The summed E-state index contributed by atoms with van der Waals surface area (Å²) in [5.41, 5.74) is 0. The fourth-order valence-electron chi connectivity index (χ4n) is 4.28. The first-order valence-electron chi connectivity index (χ1n) is 10.2. The normalized spacial score (nSPS) is 29.1. The van der Waals surface area contributed by atoms with Gasteiger partial charge >= 0.3 is 0 Å². The highest BCUT2D eigenvalue weighted by atomic mass is 127. The molecular weight excluding hydrogens is 471 g/mol. The highest BCUT2D eigenvalue weighted by Gasteiger charge is 2.31. The summed E-state index contributed by atoms with van der Waals surface area (Å²) in [6.45, 7) is 11.1. The lowest BCUT2D eigenvalue weighted by atomic mass is 10.1. The number of nitrogens with zero attached hydrogens (tertiary/aromatic N) is 6. The minimum atomic E-state index is 0. The molecule has 0 radical (unpaired) electrons. The van der Waals surface area contributed by atoms with Crippen molar-refractivity contribution in [3.05, 3.63) is 11.6 Å². The van der Waals surface area contributed by atoms with Crippen LogP contribution < -0.4 is 10.6 Å². The molecule has 0 aromatic carbocycles. The quantitative estimate of drug-likeness (QED) is 0.319. The Morgan fingerprint density at radius 3 is 2.75 bits per heavy atom. The Balaban J connectivity index is 0.00000225.